The number of hydrogen-bond acceptors (Lipinski definition) is 5. The van der Waals surface area contributed by atoms with Crippen LogP contribution >= 0.6 is 24.0 Å². The molecule has 5 aromatic rings. The van der Waals surface area contributed by atoms with Gasteiger partial charge in [0.05, 0.1) is 16.3 Å². The zero-order chi connectivity index (χ0) is 31.2. The minimum Gasteiger partial charge on any atom is -0.489 e. The number of thioether (sulfide) groups is 1. The molecule has 1 atom stereocenters. The number of fused-ring (bicyclic) bond motifs is 1. The van der Waals surface area contributed by atoms with Crippen molar-refractivity contribution in [1.29, 1.82) is 0 Å². The number of nitrogens with zero attached hydrogens (tertiary/aromatic N) is 3. The zero-order valence-electron chi connectivity index (χ0n) is 25.7. The highest BCUT2D eigenvalue weighted by molar-refractivity contribution is 8.26. The van der Waals surface area contributed by atoms with Gasteiger partial charge in [0.25, 0.3) is 5.91 Å². The van der Waals surface area contributed by atoms with E-state index in [1.807, 2.05) is 71.6 Å². The third-order valence-electron chi connectivity index (χ3n) is 8.31. The van der Waals surface area contributed by atoms with E-state index < -0.39 is 0 Å². The van der Waals surface area contributed by atoms with Gasteiger partial charge in [0.2, 0.25) is 0 Å². The van der Waals surface area contributed by atoms with Crippen molar-refractivity contribution in [3.8, 4) is 22.7 Å². The molecule has 0 saturated carbocycles. The molecule has 1 aliphatic rings. The molecule has 6 rings (SSSR count). The number of ether oxygens (including phenoxy) is 1. The number of benzene rings is 4. The molecular weight excluding hydrogens is 595 g/mol. The van der Waals surface area contributed by atoms with Crippen LogP contribution in [0.25, 0.3) is 33.8 Å². The molecule has 0 radical (unpaired) electrons. The van der Waals surface area contributed by atoms with E-state index in [9.17, 15) is 4.79 Å². The summed E-state index contributed by atoms with van der Waals surface area (Å²) in [4.78, 5) is 16.0. The SMILES string of the molecule is CCCC[C@H](CC)CN1C(=O)/C(=C\c2cn(-c3ccccc3)nc2-c2ccc(OCc3cccc4ccccc34)cc2)SC1=S. The third-order valence-corrected chi connectivity index (χ3v) is 9.69. The largest absolute Gasteiger partial charge is 0.489 e. The molecule has 1 amide bonds. The zero-order valence-corrected chi connectivity index (χ0v) is 27.3. The van der Waals surface area contributed by atoms with Gasteiger partial charge < -0.3 is 4.74 Å². The normalized spacial score (nSPS) is 14.9. The summed E-state index contributed by atoms with van der Waals surface area (Å²) >= 11 is 7.07. The Hall–Kier alpha value is -4.20. The van der Waals surface area contributed by atoms with Crippen LogP contribution in [0, 0.1) is 5.92 Å². The first kappa shape index (κ1) is 30.8. The molecule has 0 aliphatic carbocycles. The highest BCUT2D eigenvalue weighted by atomic mass is 32.2. The maximum Gasteiger partial charge on any atom is 0.266 e. The van der Waals surface area contributed by atoms with Gasteiger partial charge in [-0.3, -0.25) is 9.69 Å². The Labute approximate surface area is 274 Å². The smallest absolute Gasteiger partial charge is 0.266 e. The first-order chi connectivity index (χ1) is 22.0. The van der Waals surface area contributed by atoms with E-state index in [4.69, 9.17) is 22.1 Å². The number of rotatable bonds is 12. The lowest BCUT2D eigenvalue weighted by atomic mass is 9.99. The minimum absolute atomic E-state index is 0.0180. The molecule has 0 spiro atoms. The summed E-state index contributed by atoms with van der Waals surface area (Å²) in [6.07, 6.45) is 8.39. The Kier molecular flexibility index (Phi) is 9.77. The van der Waals surface area contributed by atoms with E-state index in [2.05, 4.69) is 56.3 Å². The number of carbonyl (C=O) groups is 1. The molecule has 1 saturated heterocycles. The van der Waals surface area contributed by atoms with Crippen LogP contribution in [-0.2, 0) is 11.4 Å². The van der Waals surface area contributed by atoms with Gasteiger partial charge in [0, 0.05) is 23.9 Å². The van der Waals surface area contributed by atoms with Crippen molar-refractivity contribution in [3.05, 3.63) is 119 Å². The molecule has 1 fully saturated rings. The molecule has 0 bridgehead atoms. The summed E-state index contributed by atoms with van der Waals surface area (Å²) < 4.78 is 8.70. The van der Waals surface area contributed by atoms with Gasteiger partial charge in [-0.15, -0.1) is 0 Å². The second kappa shape index (κ2) is 14.3. The fraction of sp³-hybridized carbons (Fsp3) is 0.237. The van der Waals surface area contributed by atoms with Crippen molar-refractivity contribution in [3.63, 3.8) is 0 Å². The molecule has 2 heterocycles. The number of para-hydroxylation sites is 1. The minimum atomic E-state index is -0.0180. The highest BCUT2D eigenvalue weighted by Gasteiger charge is 2.33. The molecule has 1 aromatic heterocycles. The van der Waals surface area contributed by atoms with Crippen LogP contribution in [0.15, 0.2) is 108 Å². The second-order valence-electron chi connectivity index (χ2n) is 11.4. The van der Waals surface area contributed by atoms with Gasteiger partial charge in [-0.25, -0.2) is 4.68 Å². The summed E-state index contributed by atoms with van der Waals surface area (Å²) in [5.41, 5.74) is 4.69. The Morgan fingerprint density at radius 3 is 2.47 bits per heavy atom. The summed E-state index contributed by atoms with van der Waals surface area (Å²) in [5, 5.41) is 7.37. The molecule has 1 aliphatic heterocycles. The Morgan fingerprint density at radius 2 is 1.69 bits per heavy atom. The van der Waals surface area contributed by atoms with Crippen molar-refractivity contribution < 1.29 is 9.53 Å². The topological polar surface area (TPSA) is 47.4 Å². The third kappa shape index (κ3) is 7.05. The van der Waals surface area contributed by atoms with Crippen molar-refractivity contribution >= 4 is 51.1 Å². The molecule has 45 heavy (non-hydrogen) atoms. The number of thiocarbonyl (C=S) groups is 1. The molecule has 5 nitrogen and oxygen atoms in total. The van der Waals surface area contributed by atoms with Crippen LogP contribution in [0.5, 0.6) is 5.75 Å². The second-order valence-corrected chi connectivity index (χ2v) is 13.0. The van der Waals surface area contributed by atoms with Crippen LogP contribution in [0.1, 0.15) is 50.7 Å². The van der Waals surface area contributed by atoms with E-state index in [0.29, 0.717) is 28.3 Å². The average Bonchev–Trinajstić information content (AvgIpc) is 3.62. The first-order valence-electron chi connectivity index (χ1n) is 15.6. The van der Waals surface area contributed by atoms with E-state index in [-0.39, 0.29) is 5.91 Å². The summed E-state index contributed by atoms with van der Waals surface area (Å²) in [6.45, 7) is 5.55. The van der Waals surface area contributed by atoms with Crippen LogP contribution in [0.3, 0.4) is 0 Å². The number of aromatic nitrogens is 2. The summed E-state index contributed by atoms with van der Waals surface area (Å²) in [6, 6.07) is 32.7. The highest BCUT2D eigenvalue weighted by Crippen LogP contribution is 2.36. The van der Waals surface area contributed by atoms with Crippen molar-refractivity contribution in [2.24, 2.45) is 5.92 Å². The van der Waals surface area contributed by atoms with Crippen LogP contribution in [0.2, 0.25) is 0 Å². The number of unbranched alkanes of at least 4 members (excludes halogenated alkanes) is 1. The number of carbonyl (C=O) groups excluding carboxylic acids is 1. The number of hydrogen-bond donors (Lipinski definition) is 0. The van der Waals surface area contributed by atoms with E-state index in [1.54, 1.807) is 4.90 Å². The van der Waals surface area contributed by atoms with Gasteiger partial charge >= 0.3 is 0 Å². The van der Waals surface area contributed by atoms with Gasteiger partial charge in [-0.05, 0) is 71.1 Å². The predicted molar refractivity (Wildman–Crippen MR) is 190 cm³/mol. The summed E-state index contributed by atoms with van der Waals surface area (Å²) in [5.74, 6) is 1.21. The van der Waals surface area contributed by atoms with E-state index in [0.717, 1.165) is 59.5 Å². The fourth-order valence-electron chi connectivity index (χ4n) is 5.69. The van der Waals surface area contributed by atoms with E-state index >= 15 is 0 Å². The maximum absolute atomic E-state index is 13.6. The van der Waals surface area contributed by atoms with E-state index in [1.165, 1.54) is 22.5 Å². The van der Waals surface area contributed by atoms with Crippen molar-refractivity contribution in [2.45, 2.75) is 46.1 Å². The molecule has 228 valence electrons. The number of amides is 1. The predicted octanol–water partition coefficient (Wildman–Crippen LogP) is 9.69. The van der Waals surface area contributed by atoms with Crippen LogP contribution in [-0.4, -0.2) is 31.5 Å². The van der Waals surface area contributed by atoms with Crippen LogP contribution in [0.4, 0.5) is 0 Å². The Morgan fingerprint density at radius 1 is 0.933 bits per heavy atom. The molecule has 0 N–H and O–H groups in total. The lowest BCUT2D eigenvalue weighted by Crippen LogP contribution is -2.33. The quantitative estimate of drug-likeness (QED) is 0.101. The van der Waals surface area contributed by atoms with Gasteiger partial charge in [0.15, 0.2) is 0 Å². The van der Waals surface area contributed by atoms with Gasteiger partial charge in [-0.2, -0.15) is 5.10 Å². The monoisotopic (exact) mass is 631 g/mol. The Bertz CT molecular complexity index is 1820. The molecular formula is C38H37N3O2S2. The fourth-order valence-corrected chi connectivity index (χ4v) is 6.96. The first-order valence-corrected chi connectivity index (χ1v) is 16.9. The molecule has 7 heteroatoms. The van der Waals surface area contributed by atoms with Gasteiger partial charge in [0.1, 0.15) is 16.7 Å². The average molecular weight is 632 g/mol. The van der Waals surface area contributed by atoms with Crippen molar-refractivity contribution in [2.75, 3.05) is 6.54 Å². The van der Waals surface area contributed by atoms with Crippen LogP contribution < -0.4 is 4.74 Å². The molecule has 0 unspecified atom stereocenters. The standard InChI is InChI=1S/C38H37N3O2S2/c1-3-5-12-27(4-2)24-40-37(42)35(45-38(40)44)23-31-25-41(32-16-7-6-8-17-32)39-36(31)29-19-21-33(22-20-29)43-26-30-15-11-14-28-13-9-10-18-34(28)30/h6-11,13-23,25,27H,3-5,12,24,26H2,1-2H3/b35-23+/t27-/m0/s1. The lowest BCUT2D eigenvalue weighted by molar-refractivity contribution is -0.122. The maximum atomic E-state index is 13.6. The Balaban J connectivity index is 1.26. The summed E-state index contributed by atoms with van der Waals surface area (Å²) in [7, 11) is 0. The van der Waals surface area contributed by atoms with Gasteiger partial charge in [-0.1, -0.05) is 118 Å². The molecule has 4 aromatic carbocycles. The van der Waals surface area contributed by atoms with Crippen molar-refractivity contribution in [1.82, 2.24) is 14.7 Å². The lowest BCUT2D eigenvalue weighted by Gasteiger charge is -2.21.